The predicted molar refractivity (Wildman–Crippen MR) is 88.4 cm³/mol. The second-order valence-electron chi connectivity index (χ2n) is 6.26. The predicted octanol–water partition coefficient (Wildman–Crippen LogP) is 6.68. The summed E-state index contributed by atoms with van der Waals surface area (Å²) in [6.45, 7) is 0. The van der Waals surface area contributed by atoms with E-state index in [1.165, 1.54) is 0 Å². The van der Waals surface area contributed by atoms with Crippen LogP contribution in [0, 0.1) is 92.5 Å². The van der Waals surface area contributed by atoms with Gasteiger partial charge in [0.15, 0.2) is 23.3 Å². The average Bonchev–Trinajstić information content (AvgIpc) is 2.85. The monoisotopic (exact) mass is 528 g/mol. The molecule has 0 atom stereocenters. The van der Waals surface area contributed by atoms with Gasteiger partial charge in [-0.25, -0.2) is 22.0 Å². The third-order valence-electron chi connectivity index (χ3n) is 4.26. The Morgan fingerprint density at radius 3 is 0.806 bits per heavy atom. The van der Waals surface area contributed by atoms with Gasteiger partial charge in [0.05, 0.1) is 0 Å². The van der Waals surface area contributed by atoms with Gasteiger partial charge in [-0.2, -0.15) is 41.3 Å². The van der Waals surface area contributed by atoms with Crippen molar-refractivity contribution in [3.63, 3.8) is 0 Å². The Kier molecular flexibility index (Phi) is 6.66. The van der Waals surface area contributed by atoms with Crippen LogP contribution in [0.15, 0.2) is 0 Å². The fraction of sp³-hybridized carbons (Fsp3) is 0. The lowest BCUT2D eigenvalue weighted by molar-refractivity contribution is 0.297. The van der Waals surface area contributed by atoms with Crippen LogP contribution in [-0.2, 0) is 0 Å². The van der Waals surface area contributed by atoms with Crippen molar-refractivity contribution >= 4 is 0 Å². The van der Waals surface area contributed by atoms with Crippen molar-refractivity contribution in [2.45, 2.75) is 0 Å². The van der Waals surface area contributed by atoms with Crippen LogP contribution in [0.5, 0.6) is 23.0 Å². The Morgan fingerprint density at radius 2 is 0.556 bits per heavy atom. The van der Waals surface area contributed by atoms with Gasteiger partial charge < -0.3 is 9.47 Å². The summed E-state index contributed by atoms with van der Waals surface area (Å²) < 4.78 is 176. The number of hydrogen-bond donors (Lipinski definition) is 0. The molecular formula is C20F12N2O2. The number of hydrogen-bond acceptors (Lipinski definition) is 4. The highest BCUT2D eigenvalue weighted by molar-refractivity contribution is 5.48. The second kappa shape index (κ2) is 9.21. The fourth-order valence-corrected chi connectivity index (χ4v) is 2.57. The molecule has 186 valence electrons. The zero-order chi connectivity index (χ0) is 27.2. The van der Waals surface area contributed by atoms with Gasteiger partial charge in [0.25, 0.3) is 0 Å². The Bertz CT molecular complexity index is 1370. The molecule has 0 saturated carbocycles. The summed E-state index contributed by atoms with van der Waals surface area (Å²) in [5.74, 6) is -40.6. The molecule has 0 heterocycles. The summed E-state index contributed by atoms with van der Waals surface area (Å²) in [6, 6.07) is 1.45. The van der Waals surface area contributed by atoms with Gasteiger partial charge in [0, 0.05) is 0 Å². The lowest BCUT2D eigenvalue weighted by atomic mass is 10.1. The van der Waals surface area contributed by atoms with Crippen LogP contribution in [0.25, 0.3) is 0 Å². The second-order valence-corrected chi connectivity index (χ2v) is 6.26. The third-order valence-corrected chi connectivity index (χ3v) is 4.26. The minimum absolute atomic E-state index is 0.724. The van der Waals surface area contributed by atoms with Gasteiger partial charge in [-0.1, -0.05) is 0 Å². The summed E-state index contributed by atoms with van der Waals surface area (Å²) >= 11 is 0. The molecule has 0 aliphatic carbocycles. The number of benzene rings is 3. The van der Waals surface area contributed by atoms with E-state index in [4.69, 9.17) is 10.5 Å². The Hall–Kier alpha value is -4.60. The number of ether oxygens (including phenoxy) is 2. The van der Waals surface area contributed by atoms with Gasteiger partial charge in [0.2, 0.25) is 69.5 Å². The standard InChI is InChI=1S/C20F12N2O2/c21-5-3(1-33)6(22)11(27)17(10(5)26)35-19-14(30)9(25)15(31)20(16(19)32)36-18-12(28)7(23)4(2-34)8(24)13(18)29. The number of nitrogens with zero attached hydrogens (tertiary/aromatic N) is 2. The van der Waals surface area contributed by atoms with Crippen LogP contribution >= 0.6 is 0 Å². The molecule has 0 unspecified atom stereocenters. The molecular weight excluding hydrogens is 528 g/mol. The molecule has 3 rings (SSSR count). The average molecular weight is 528 g/mol. The minimum atomic E-state index is -2.83. The van der Waals surface area contributed by atoms with Crippen molar-refractivity contribution in [3.05, 3.63) is 80.9 Å². The first-order valence-corrected chi connectivity index (χ1v) is 8.53. The quantitative estimate of drug-likeness (QED) is 0.215. The van der Waals surface area contributed by atoms with E-state index in [0.29, 0.717) is 0 Å². The van der Waals surface area contributed by atoms with Gasteiger partial charge in [-0.15, -0.1) is 0 Å². The van der Waals surface area contributed by atoms with Crippen molar-refractivity contribution in [1.29, 1.82) is 10.5 Å². The first-order valence-electron chi connectivity index (χ1n) is 8.53. The summed E-state index contributed by atoms with van der Waals surface area (Å²) in [6.07, 6.45) is 0. The van der Waals surface area contributed by atoms with Crippen LogP contribution < -0.4 is 9.47 Å². The molecule has 3 aromatic carbocycles. The Labute approximate surface area is 189 Å². The van der Waals surface area contributed by atoms with Gasteiger partial charge in [-0.3, -0.25) is 0 Å². The van der Waals surface area contributed by atoms with E-state index >= 15 is 0 Å². The molecule has 4 nitrogen and oxygen atoms in total. The molecule has 0 aliphatic rings. The van der Waals surface area contributed by atoms with Crippen LogP contribution in [0.4, 0.5) is 52.7 Å². The summed E-state index contributed by atoms with van der Waals surface area (Å²) in [7, 11) is 0. The van der Waals surface area contributed by atoms with Crippen molar-refractivity contribution in [2.75, 3.05) is 0 Å². The highest BCUT2D eigenvalue weighted by Crippen LogP contribution is 2.43. The van der Waals surface area contributed by atoms with Gasteiger partial charge in [0.1, 0.15) is 23.3 Å². The lowest BCUT2D eigenvalue weighted by Crippen LogP contribution is -2.09. The Balaban J connectivity index is 2.26. The van der Waals surface area contributed by atoms with Crippen LogP contribution in [-0.4, -0.2) is 0 Å². The molecule has 0 N–H and O–H groups in total. The Morgan fingerprint density at radius 1 is 0.333 bits per heavy atom. The lowest BCUT2D eigenvalue weighted by Gasteiger charge is -2.16. The van der Waals surface area contributed by atoms with E-state index in [1.807, 2.05) is 0 Å². The topological polar surface area (TPSA) is 66.0 Å². The van der Waals surface area contributed by atoms with Crippen molar-refractivity contribution in [2.24, 2.45) is 0 Å². The number of halogens is 12. The van der Waals surface area contributed by atoms with Crippen LogP contribution in [0.3, 0.4) is 0 Å². The molecule has 0 spiro atoms. The van der Waals surface area contributed by atoms with Crippen LogP contribution in [0.2, 0.25) is 0 Å². The van der Waals surface area contributed by atoms with Gasteiger partial charge >= 0.3 is 0 Å². The molecule has 36 heavy (non-hydrogen) atoms. The molecule has 0 fully saturated rings. The highest BCUT2D eigenvalue weighted by atomic mass is 19.2. The summed E-state index contributed by atoms with van der Waals surface area (Å²) in [4.78, 5) is 0. The number of nitriles is 2. The molecule has 3 aromatic rings. The maximum atomic E-state index is 14.7. The smallest absolute Gasteiger partial charge is 0.214 e. The third kappa shape index (κ3) is 3.76. The molecule has 0 saturated heterocycles. The molecule has 0 amide bonds. The van der Waals surface area contributed by atoms with E-state index < -0.39 is 104 Å². The first-order chi connectivity index (χ1) is 16.8. The molecule has 0 bridgehead atoms. The first kappa shape index (κ1) is 26.0. The maximum Gasteiger partial charge on any atom is 0.214 e. The minimum Gasteiger partial charge on any atom is -0.444 e. The SMILES string of the molecule is N#Cc1c(F)c(F)c(Oc2c(F)c(F)c(F)c(Oc3c(F)c(F)c(C#N)c(F)c3F)c2F)c(F)c1F. The zero-order valence-corrected chi connectivity index (χ0v) is 16.2. The summed E-state index contributed by atoms with van der Waals surface area (Å²) in [5.41, 5.74) is -3.69. The van der Waals surface area contributed by atoms with E-state index in [9.17, 15) is 52.7 Å². The molecule has 0 aromatic heterocycles. The molecule has 16 heteroatoms. The maximum absolute atomic E-state index is 14.7. The summed E-state index contributed by atoms with van der Waals surface area (Å²) in [5, 5.41) is 17.0. The van der Waals surface area contributed by atoms with Crippen molar-refractivity contribution < 1.29 is 62.2 Å². The molecule has 0 radical (unpaired) electrons. The van der Waals surface area contributed by atoms with Crippen LogP contribution in [0.1, 0.15) is 11.1 Å². The normalized spacial score (nSPS) is 10.7. The van der Waals surface area contributed by atoms with Crippen molar-refractivity contribution in [1.82, 2.24) is 0 Å². The van der Waals surface area contributed by atoms with E-state index in [-0.39, 0.29) is 0 Å². The number of rotatable bonds is 4. The molecule has 0 aliphatic heterocycles. The van der Waals surface area contributed by atoms with E-state index in [2.05, 4.69) is 9.47 Å². The van der Waals surface area contributed by atoms with Gasteiger partial charge in [-0.05, 0) is 0 Å². The highest BCUT2D eigenvalue weighted by Gasteiger charge is 2.35. The van der Waals surface area contributed by atoms with E-state index in [1.54, 1.807) is 0 Å². The fourth-order valence-electron chi connectivity index (χ4n) is 2.57. The van der Waals surface area contributed by atoms with E-state index in [0.717, 1.165) is 12.1 Å². The largest absolute Gasteiger partial charge is 0.444 e. The zero-order valence-electron chi connectivity index (χ0n) is 16.2. The van der Waals surface area contributed by atoms with Crippen molar-refractivity contribution in [3.8, 4) is 35.1 Å².